The Balaban J connectivity index is 3.00. The molecule has 2 heteroatoms. The fraction of sp³-hybridized carbons (Fsp3) is 0.125. The van der Waals surface area contributed by atoms with Crippen molar-refractivity contribution >= 4 is 11.6 Å². The highest BCUT2D eigenvalue weighted by molar-refractivity contribution is 6.31. The number of allylic oxidation sites excluding steroid dienone is 3. The van der Waals surface area contributed by atoms with Gasteiger partial charge in [0.1, 0.15) is 0 Å². The van der Waals surface area contributed by atoms with E-state index in [0.29, 0.717) is 11.6 Å². The molecule has 1 rings (SSSR count). The molecule has 0 fully saturated rings. The van der Waals surface area contributed by atoms with Crippen molar-refractivity contribution in [2.45, 2.75) is 0 Å². The van der Waals surface area contributed by atoms with Crippen LogP contribution in [0.15, 0.2) is 40.6 Å². The molecule has 10 heavy (non-hydrogen) atoms. The van der Waals surface area contributed by atoms with Crippen molar-refractivity contribution in [3.63, 3.8) is 0 Å². The molecular weight excluding hydrogens is 146 g/mol. The zero-order chi connectivity index (χ0) is 7.40. The lowest BCUT2D eigenvalue weighted by molar-refractivity contribution is 1.18. The van der Waals surface area contributed by atoms with E-state index in [0.717, 1.165) is 5.57 Å². The summed E-state index contributed by atoms with van der Waals surface area (Å²) in [4.78, 5) is 0. The highest BCUT2D eigenvalue weighted by atomic mass is 35.5. The summed E-state index contributed by atoms with van der Waals surface area (Å²) in [6.45, 7) is 0.462. The maximum Gasteiger partial charge on any atom is 0.0457 e. The normalized spacial score (nSPS) is 16.2. The van der Waals surface area contributed by atoms with Gasteiger partial charge in [-0.15, -0.1) is 5.73 Å². The van der Waals surface area contributed by atoms with Crippen molar-refractivity contribution in [1.29, 1.82) is 0 Å². The molecule has 0 saturated carbocycles. The lowest BCUT2D eigenvalue weighted by Crippen LogP contribution is -2.01. The van der Waals surface area contributed by atoms with Crippen molar-refractivity contribution in [1.82, 2.24) is 0 Å². The molecule has 0 amide bonds. The summed E-state index contributed by atoms with van der Waals surface area (Å²) < 4.78 is 0. The first-order chi connectivity index (χ1) is 4.84. The van der Waals surface area contributed by atoms with E-state index in [1.54, 1.807) is 18.2 Å². The van der Waals surface area contributed by atoms with Crippen molar-refractivity contribution in [3.8, 4) is 0 Å². The SMILES string of the molecule is NCC1=C(Cl)C=CC=C=C1. The highest BCUT2D eigenvalue weighted by Gasteiger charge is 1.95. The molecule has 52 valence electrons. The lowest BCUT2D eigenvalue weighted by Gasteiger charge is -1.94. The molecule has 0 aromatic rings. The average Bonchev–Trinajstić information content (AvgIpc) is 2.13. The zero-order valence-corrected chi connectivity index (χ0v) is 6.23. The summed E-state index contributed by atoms with van der Waals surface area (Å²) >= 11 is 5.81. The van der Waals surface area contributed by atoms with Crippen LogP contribution in [-0.4, -0.2) is 6.54 Å². The molecule has 0 aromatic heterocycles. The minimum atomic E-state index is 0.462. The van der Waals surface area contributed by atoms with Crippen molar-refractivity contribution < 1.29 is 0 Å². The number of hydrogen-bond donors (Lipinski definition) is 1. The molecule has 0 atom stereocenters. The minimum Gasteiger partial charge on any atom is -0.326 e. The van der Waals surface area contributed by atoms with Crippen LogP contribution in [0, 0.1) is 0 Å². The molecule has 0 heterocycles. The van der Waals surface area contributed by atoms with E-state index in [1.807, 2.05) is 6.08 Å². The quantitative estimate of drug-likeness (QED) is 0.571. The topological polar surface area (TPSA) is 26.0 Å². The van der Waals surface area contributed by atoms with E-state index in [1.165, 1.54) is 0 Å². The second kappa shape index (κ2) is 3.43. The number of rotatable bonds is 1. The average molecular weight is 154 g/mol. The summed E-state index contributed by atoms with van der Waals surface area (Å²) in [5.41, 5.74) is 9.24. The van der Waals surface area contributed by atoms with Gasteiger partial charge >= 0.3 is 0 Å². The van der Waals surface area contributed by atoms with Crippen LogP contribution in [0.5, 0.6) is 0 Å². The summed E-state index contributed by atoms with van der Waals surface area (Å²) in [5, 5.41) is 0.698. The third-order valence-corrected chi connectivity index (χ3v) is 1.59. The fourth-order valence-corrected chi connectivity index (χ4v) is 0.874. The number of hydrogen-bond acceptors (Lipinski definition) is 1. The molecule has 1 aliphatic rings. The van der Waals surface area contributed by atoms with Gasteiger partial charge in [0.25, 0.3) is 0 Å². The third kappa shape index (κ3) is 1.61. The Morgan fingerprint density at radius 1 is 1.60 bits per heavy atom. The smallest absolute Gasteiger partial charge is 0.0457 e. The van der Waals surface area contributed by atoms with Crippen LogP contribution in [0.3, 0.4) is 0 Å². The lowest BCUT2D eigenvalue weighted by atomic mass is 10.2. The molecule has 0 unspecified atom stereocenters. The molecule has 0 aliphatic heterocycles. The number of nitrogens with two attached hydrogens (primary N) is 1. The van der Waals surface area contributed by atoms with Gasteiger partial charge in [0.15, 0.2) is 0 Å². The fourth-order valence-electron chi connectivity index (χ4n) is 0.669. The van der Waals surface area contributed by atoms with Crippen LogP contribution >= 0.6 is 11.6 Å². The van der Waals surface area contributed by atoms with E-state index in [2.05, 4.69) is 5.73 Å². The van der Waals surface area contributed by atoms with Gasteiger partial charge in [0, 0.05) is 11.6 Å². The van der Waals surface area contributed by atoms with E-state index in [4.69, 9.17) is 17.3 Å². The Kier molecular flexibility index (Phi) is 2.52. The van der Waals surface area contributed by atoms with Crippen LogP contribution in [-0.2, 0) is 0 Å². The number of halogens is 1. The third-order valence-electron chi connectivity index (χ3n) is 1.22. The van der Waals surface area contributed by atoms with Gasteiger partial charge in [-0.3, -0.25) is 0 Å². The summed E-state index contributed by atoms with van der Waals surface area (Å²) in [7, 11) is 0. The molecule has 2 N–H and O–H groups in total. The van der Waals surface area contributed by atoms with Crippen LogP contribution in [0.25, 0.3) is 0 Å². The van der Waals surface area contributed by atoms with E-state index >= 15 is 0 Å². The molecule has 0 saturated heterocycles. The van der Waals surface area contributed by atoms with Gasteiger partial charge in [0.2, 0.25) is 0 Å². The molecule has 1 aliphatic carbocycles. The first-order valence-electron chi connectivity index (χ1n) is 3.02. The van der Waals surface area contributed by atoms with Gasteiger partial charge in [-0.05, 0) is 23.8 Å². The Morgan fingerprint density at radius 2 is 2.40 bits per heavy atom. The molecule has 1 nitrogen and oxygen atoms in total. The molecule has 0 aromatic carbocycles. The van der Waals surface area contributed by atoms with Crippen molar-refractivity contribution in [3.05, 3.63) is 40.6 Å². The molecule has 0 spiro atoms. The van der Waals surface area contributed by atoms with E-state index in [-0.39, 0.29) is 0 Å². The van der Waals surface area contributed by atoms with Crippen LogP contribution in [0.2, 0.25) is 0 Å². The minimum absolute atomic E-state index is 0.462. The Labute approximate surface area is 65.2 Å². The predicted octanol–water partition coefficient (Wildman–Crippen LogP) is 1.72. The van der Waals surface area contributed by atoms with Gasteiger partial charge in [-0.2, -0.15) is 0 Å². The van der Waals surface area contributed by atoms with Crippen LogP contribution in [0.4, 0.5) is 0 Å². The van der Waals surface area contributed by atoms with Crippen molar-refractivity contribution in [2.75, 3.05) is 6.54 Å². The Morgan fingerprint density at radius 3 is 3.10 bits per heavy atom. The first kappa shape index (κ1) is 7.36. The molecule has 0 bridgehead atoms. The van der Waals surface area contributed by atoms with Crippen LogP contribution in [0.1, 0.15) is 0 Å². The maximum absolute atomic E-state index is 5.81. The Bertz CT molecular complexity index is 242. The summed E-state index contributed by atoms with van der Waals surface area (Å²) in [6.07, 6.45) is 7.23. The molecular formula is C8H8ClN. The van der Waals surface area contributed by atoms with E-state index in [9.17, 15) is 0 Å². The largest absolute Gasteiger partial charge is 0.326 e. The second-order valence-corrected chi connectivity index (χ2v) is 2.32. The van der Waals surface area contributed by atoms with Crippen molar-refractivity contribution in [2.24, 2.45) is 5.73 Å². The second-order valence-electron chi connectivity index (χ2n) is 1.91. The predicted molar refractivity (Wildman–Crippen MR) is 43.7 cm³/mol. The van der Waals surface area contributed by atoms with Crippen LogP contribution < -0.4 is 5.73 Å². The zero-order valence-electron chi connectivity index (χ0n) is 5.47. The van der Waals surface area contributed by atoms with E-state index < -0.39 is 0 Å². The first-order valence-corrected chi connectivity index (χ1v) is 3.40. The summed E-state index contributed by atoms with van der Waals surface area (Å²) in [5.74, 6) is 0. The summed E-state index contributed by atoms with van der Waals surface area (Å²) in [6, 6.07) is 0. The van der Waals surface area contributed by atoms with Gasteiger partial charge in [-0.25, -0.2) is 0 Å². The highest BCUT2D eigenvalue weighted by Crippen LogP contribution is 2.12. The van der Waals surface area contributed by atoms with Gasteiger partial charge in [-0.1, -0.05) is 17.7 Å². The van der Waals surface area contributed by atoms with Gasteiger partial charge in [0.05, 0.1) is 0 Å². The standard InChI is InChI=1S/C8H8ClN/c9-8-5-3-1-2-4-7(8)6-10/h1,3-5H,6,10H2. The monoisotopic (exact) mass is 153 g/mol. The Hall–Kier alpha value is -0.750. The maximum atomic E-state index is 5.81. The molecule has 0 radical (unpaired) electrons. The van der Waals surface area contributed by atoms with Gasteiger partial charge < -0.3 is 5.73 Å².